The molecule has 0 radical (unpaired) electrons. The van der Waals surface area contributed by atoms with E-state index in [9.17, 15) is 9.59 Å². The first-order valence-electron chi connectivity index (χ1n) is 6.76. The van der Waals surface area contributed by atoms with Crippen LogP contribution in [0.15, 0.2) is 24.3 Å². The Labute approximate surface area is 121 Å². The first-order valence-corrected chi connectivity index (χ1v) is 6.76. The van der Waals surface area contributed by atoms with Gasteiger partial charge in [-0.1, -0.05) is 26.0 Å². The van der Waals surface area contributed by atoms with Crippen LogP contribution in [0.5, 0.6) is 0 Å². The average molecular weight is 290 g/mol. The molecule has 1 amide bonds. The van der Waals surface area contributed by atoms with Crippen LogP contribution in [-0.4, -0.2) is 38.0 Å². The summed E-state index contributed by atoms with van der Waals surface area (Å²) in [6, 6.07) is 6.93. The highest BCUT2D eigenvalue weighted by molar-refractivity contribution is 5.78. The summed E-state index contributed by atoms with van der Waals surface area (Å²) < 4.78 is 0. The van der Waals surface area contributed by atoms with E-state index in [4.69, 9.17) is 5.11 Å². The summed E-state index contributed by atoms with van der Waals surface area (Å²) in [4.78, 5) is 24.1. The summed E-state index contributed by atoms with van der Waals surface area (Å²) in [5, 5.41) is 20.0. The molecule has 0 aliphatic carbocycles. The number of hydrogen-bond acceptors (Lipinski definition) is 4. The number of carbonyl (C=O) groups excluding carboxylic acids is 1. The maximum absolute atomic E-state index is 12.0. The summed E-state index contributed by atoms with van der Waals surface area (Å²) in [7, 11) is 0. The van der Waals surface area contributed by atoms with Gasteiger partial charge >= 0.3 is 5.97 Å². The average Bonchev–Trinajstić information content (AvgIpc) is 2.79. The predicted octanol–water partition coefficient (Wildman–Crippen LogP) is 1.05. The van der Waals surface area contributed by atoms with Crippen LogP contribution in [0.1, 0.15) is 20.3 Å². The van der Waals surface area contributed by atoms with Crippen molar-refractivity contribution >= 4 is 22.9 Å². The second kappa shape index (κ2) is 6.34. The fourth-order valence-electron chi connectivity index (χ4n) is 2.00. The molecule has 0 bridgehead atoms. The second-order valence-electron chi connectivity index (χ2n) is 5.24. The van der Waals surface area contributed by atoms with Crippen molar-refractivity contribution in [2.45, 2.75) is 32.9 Å². The van der Waals surface area contributed by atoms with Gasteiger partial charge in [-0.05, 0) is 18.1 Å². The molecule has 7 nitrogen and oxygen atoms in total. The van der Waals surface area contributed by atoms with Crippen molar-refractivity contribution in [2.75, 3.05) is 0 Å². The van der Waals surface area contributed by atoms with Crippen LogP contribution in [0.2, 0.25) is 0 Å². The lowest BCUT2D eigenvalue weighted by molar-refractivity contribution is -0.138. The predicted molar refractivity (Wildman–Crippen MR) is 76.5 cm³/mol. The van der Waals surface area contributed by atoms with Gasteiger partial charge in [0, 0.05) is 6.04 Å². The molecule has 0 fully saturated rings. The first-order chi connectivity index (χ1) is 9.95. The van der Waals surface area contributed by atoms with Crippen molar-refractivity contribution in [3.05, 3.63) is 24.3 Å². The minimum atomic E-state index is -0.933. The Morgan fingerprint density at radius 3 is 2.29 bits per heavy atom. The first kappa shape index (κ1) is 15.0. The van der Waals surface area contributed by atoms with E-state index in [-0.39, 0.29) is 24.8 Å². The van der Waals surface area contributed by atoms with E-state index in [1.54, 1.807) is 0 Å². The van der Waals surface area contributed by atoms with Crippen LogP contribution in [0.3, 0.4) is 0 Å². The Morgan fingerprint density at radius 1 is 1.24 bits per heavy atom. The fraction of sp³-hybridized carbons (Fsp3) is 0.429. The van der Waals surface area contributed by atoms with Gasteiger partial charge in [-0.15, -0.1) is 0 Å². The number of carboxylic acids is 1. The van der Waals surface area contributed by atoms with Gasteiger partial charge < -0.3 is 10.4 Å². The molecule has 1 heterocycles. The Kier molecular flexibility index (Phi) is 4.52. The molecule has 2 rings (SSSR count). The number of aromatic nitrogens is 3. The highest BCUT2D eigenvalue weighted by atomic mass is 16.4. The summed E-state index contributed by atoms with van der Waals surface area (Å²) in [6.45, 7) is 3.71. The largest absolute Gasteiger partial charge is 0.481 e. The molecule has 0 aliphatic rings. The smallest absolute Gasteiger partial charge is 0.305 e. The van der Waals surface area contributed by atoms with Crippen molar-refractivity contribution in [1.82, 2.24) is 20.3 Å². The standard InChI is InChI=1S/C14H18N4O3/c1-9(2)12(7-14(20)21)15-13(19)8-18-16-10-5-3-4-6-11(10)17-18/h3-6,9,12H,7-8H2,1-2H3,(H,15,19)(H,20,21)/t12-/m0/s1. The van der Waals surface area contributed by atoms with E-state index < -0.39 is 12.0 Å². The monoisotopic (exact) mass is 290 g/mol. The van der Waals surface area contributed by atoms with Crippen LogP contribution in [0, 0.1) is 5.92 Å². The number of fused-ring (bicyclic) bond motifs is 1. The molecule has 21 heavy (non-hydrogen) atoms. The second-order valence-corrected chi connectivity index (χ2v) is 5.24. The lowest BCUT2D eigenvalue weighted by Gasteiger charge is -2.20. The van der Waals surface area contributed by atoms with E-state index in [0.29, 0.717) is 0 Å². The molecule has 0 spiro atoms. The van der Waals surface area contributed by atoms with Crippen molar-refractivity contribution in [3.8, 4) is 0 Å². The van der Waals surface area contributed by atoms with Gasteiger partial charge in [0.15, 0.2) is 0 Å². The zero-order valence-electron chi connectivity index (χ0n) is 12.0. The number of benzene rings is 1. The third-order valence-corrected chi connectivity index (χ3v) is 3.16. The molecule has 0 saturated carbocycles. The number of carboxylic acid groups (broad SMARTS) is 1. The number of nitrogens with one attached hydrogen (secondary N) is 1. The third kappa shape index (κ3) is 4.01. The number of nitrogens with zero attached hydrogens (tertiary/aromatic N) is 3. The quantitative estimate of drug-likeness (QED) is 0.828. The minimum Gasteiger partial charge on any atom is -0.481 e. The molecule has 112 valence electrons. The number of rotatable bonds is 6. The molecule has 2 aromatic rings. The number of aliphatic carboxylic acids is 1. The van der Waals surface area contributed by atoms with Crippen molar-refractivity contribution in [3.63, 3.8) is 0 Å². The maximum atomic E-state index is 12.0. The normalized spacial score (nSPS) is 12.5. The molecule has 1 atom stereocenters. The maximum Gasteiger partial charge on any atom is 0.305 e. The van der Waals surface area contributed by atoms with Crippen LogP contribution in [0.25, 0.3) is 11.0 Å². The van der Waals surface area contributed by atoms with Crippen molar-refractivity contribution in [2.24, 2.45) is 5.92 Å². The molecule has 1 aromatic heterocycles. The highest BCUT2D eigenvalue weighted by Crippen LogP contribution is 2.08. The van der Waals surface area contributed by atoms with Gasteiger partial charge in [0.25, 0.3) is 0 Å². The molecule has 0 saturated heterocycles. The van der Waals surface area contributed by atoms with E-state index in [1.807, 2.05) is 38.1 Å². The highest BCUT2D eigenvalue weighted by Gasteiger charge is 2.19. The topological polar surface area (TPSA) is 97.1 Å². The van der Waals surface area contributed by atoms with Gasteiger partial charge in [0.05, 0.1) is 6.42 Å². The molecule has 2 N–H and O–H groups in total. The molecular weight excluding hydrogens is 272 g/mol. The molecule has 0 aliphatic heterocycles. The summed E-state index contributed by atoms with van der Waals surface area (Å²) in [6.07, 6.45) is -0.0993. The third-order valence-electron chi connectivity index (χ3n) is 3.16. The lowest BCUT2D eigenvalue weighted by Crippen LogP contribution is -2.41. The summed E-state index contributed by atoms with van der Waals surface area (Å²) in [5.74, 6) is -1.19. The minimum absolute atomic E-state index is 0.0302. The van der Waals surface area contributed by atoms with Crippen LogP contribution in [0.4, 0.5) is 0 Å². The summed E-state index contributed by atoms with van der Waals surface area (Å²) >= 11 is 0. The van der Waals surface area contributed by atoms with Gasteiger partial charge in [0.1, 0.15) is 17.6 Å². The Hall–Kier alpha value is -2.44. The van der Waals surface area contributed by atoms with Crippen LogP contribution in [-0.2, 0) is 16.1 Å². The molecule has 1 aromatic carbocycles. The van der Waals surface area contributed by atoms with Crippen LogP contribution < -0.4 is 5.32 Å². The zero-order valence-corrected chi connectivity index (χ0v) is 12.0. The van der Waals surface area contributed by atoms with E-state index >= 15 is 0 Å². The van der Waals surface area contributed by atoms with E-state index in [1.165, 1.54) is 4.80 Å². The van der Waals surface area contributed by atoms with E-state index in [0.717, 1.165) is 11.0 Å². The van der Waals surface area contributed by atoms with Gasteiger partial charge in [-0.3, -0.25) is 9.59 Å². The van der Waals surface area contributed by atoms with Crippen molar-refractivity contribution in [1.29, 1.82) is 0 Å². The van der Waals surface area contributed by atoms with Gasteiger partial charge in [-0.2, -0.15) is 15.0 Å². The van der Waals surface area contributed by atoms with E-state index in [2.05, 4.69) is 15.5 Å². The SMILES string of the molecule is CC(C)[C@H](CC(=O)O)NC(=O)Cn1nc2ccccc2n1. The van der Waals surface area contributed by atoms with Crippen molar-refractivity contribution < 1.29 is 14.7 Å². The Balaban J connectivity index is 2.01. The lowest BCUT2D eigenvalue weighted by atomic mass is 10.0. The number of amides is 1. The molecular formula is C14H18N4O3. The summed E-state index contributed by atoms with van der Waals surface area (Å²) in [5.41, 5.74) is 1.44. The molecule has 0 unspecified atom stereocenters. The zero-order chi connectivity index (χ0) is 15.4. The fourth-order valence-corrected chi connectivity index (χ4v) is 2.00. The van der Waals surface area contributed by atoms with Crippen LogP contribution >= 0.6 is 0 Å². The molecule has 7 heteroatoms. The number of carbonyl (C=O) groups is 2. The Bertz CT molecular complexity index is 617. The van der Waals surface area contributed by atoms with Gasteiger partial charge in [0.2, 0.25) is 5.91 Å². The van der Waals surface area contributed by atoms with Gasteiger partial charge in [-0.25, -0.2) is 0 Å². The number of hydrogen-bond donors (Lipinski definition) is 2. The Morgan fingerprint density at radius 2 is 1.81 bits per heavy atom.